The van der Waals surface area contributed by atoms with Gasteiger partial charge in [0.1, 0.15) is 18.9 Å². The molecule has 0 saturated heterocycles. The van der Waals surface area contributed by atoms with Crippen molar-refractivity contribution in [1.29, 1.82) is 0 Å². The largest absolute Gasteiger partial charge is 0.484 e. The quantitative estimate of drug-likeness (QED) is 0.562. The zero-order chi connectivity index (χ0) is 17.3. The first kappa shape index (κ1) is 15.3. The predicted molar refractivity (Wildman–Crippen MR) is 105 cm³/mol. The molecular formula is C18H14N2O2S3. The van der Waals surface area contributed by atoms with Crippen LogP contribution in [0.25, 0.3) is 20.9 Å². The number of ether oxygens (including phenoxy) is 2. The standard InChI is InChI=1S/C18H14N2O2S3/c1-7-3-9-5-21-15-11(17(9)24-7)13(19)14(20-23)12-16(15)22-6-10-4-8(2)25-18(10)12/h3-4H,5-6,19H2,1-2H3. The molecular weight excluding hydrogens is 372 g/mol. The topological polar surface area (TPSA) is 56.8 Å². The van der Waals surface area contributed by atoms with E-state index in [9.17, 15) is 0 Å². The molecule has 4 nitrogen and oxygen atoms in total. The molecule has 3 aromatic rings. The molecule has 0 unspecified atom stereocenters. The van der Waals surface area contributed by atoms with Crippen molar-refractivity contribution in [2.45, 2.75) is 27.1 Å². The number of fused-ring (bicyclic) bond motifs is 7. The zero-order valence-electron chi connectivity index (χ0n) is 13.6. The maximum Gasteiger partial charge on any atom is 0.173 e. The highest BCUT2D eigenvalue weighted by molar-refractivity contribution is 7.47. The molecule has 0 saturated carbocycles. The summed E-state index contributed by atoms with van der Waals surface area (Å²) in [4.78, 5) is 4.72. The van der Waals surface area contributed by atoms with Gasteiger partial charge in [0, 0.05) is 43.1 Å². The van der Waals surface area contributed by atoms with Crippen molar-refractivity contribution in [3.8, 4) is 32.4 Å². The van der Waals surface area contributed by atoms with Crippen LogP contribution in [0, 0.1) is 13.8 Å². The first-order chi connectivity index (χ1) is 12.1. The molecule has 1 aromatic carbocycles. The highest BCUT2D eigenvalue weighted by atomic mass is 32.1. The minimum Gasteiger partial charge on any atom is -0.484 e. The van der Waals surface area contributed by atoms with Gasteiger partial charge < -0.3 is 15.2 Å². The molecule has 0 aliphatic carbocycles. The van der Waals surface area contributed by atoms with Crippen LogP contribution in [-0.4, -0.2) is 0 Å². The highest BCUT2D eigenvalue weighted by Gasteiger charge is 2.35. The first-order valence-corrected chi connectivity index (χ1v) is 9.86. The summed E-state index contributed by atoms with van der Waals surface area (Å²) in [6.45, 7) is 5.24. The van der Waals surface area contributed by atoms with E-state index in [1.807, 2.05) is 0 Å². The van der Waals surface area contributed by atoms with Crippen LogP contribution in [0.3, 0.4) is 0 Å². The van der Waals surface area contributed by atoms with Crippen molar-refractivity contribution in [2.24, 2.45) is 4.36 Å². The van der Waals surface area contributed by atoms with Crippen molar-refractivity contribution < 1.29 is 9.47 Å². The lowest BCUT2D eigenvalue weighted by Crippen LogP contribution is -2.11. The summed E-state index contributed by atoms with van der Waals surface area (Å²) in [5.74, 6) is 1.44. The van der Waals surface area contributed by atoms with Gasteiger partial charge in [0.25, 0.3) is 0 Å². The van der Waals surface area contributed by atoms with Crippen LogP contribution in [0.4, 0.5) is 11.4 Å². The Bertz CT molecular complexity index is 1070. The van der Waals surface area contributed by atoms with E-state index in [4.69, 9.17) is 27.6 Å². The number of hydrogen-bond acceptors (Lipinski definition) is 7. The third kappa shape index (κ3) is 2.03. The number of thiophene rings is 2. The summed E-state index contributed by atoms with van der Waals surface area (Å²) < 4.78 is 16.3. The van der Waals surface area contributed by atoms with E-state index in [0.29, 0.717) is 24.6 Å². The van der Waals surface area contributed by atoms with Crippen molar-refractivity contribution in [3.63, 3.8) is 0 Å². The molecule has 0 amide bonds. The molecule has 0 spiro atoms. The molecule has 5 rings (SSSR count). The zero-order valence-corrected chi connectivity index (χ0v) is 16.1. The molecule has 0 bridgehead atoms. The Labute approximate surface area is 158 Å². The van der Waals surface area contributed by atoms with Crippen LogP contribution in [0.15, 0.2) is 16.5 Å². The number of nitrogens with two attached hydrogens (primary N) is 1. The second-order valence-corrected chi connectivity index (χ2v) is 8.96. The van der Waals surface area contributed by atoms with Crippen molar-refractivity contribution in [1.82, 2.24) is 0 Å². The summed E-state index contributed by atoms with van der Waals surface area (Å²) in [6.07, 6.45) is 0. The lowest BCUT2D eigenvalue weighted by Gasteiger charge is -2.28. The monoisotopic (exact) mass is 386 g/mol. The van der Waals surface area contributed by atoms with Gasteiger partial charge >= 0.3 is 0 Å². The molecule has 0 atom stereocenters. The number of rotatable bonds is 1. The van der Waals surface area contributed by atoms with Gasteiger partial charge in [-0.1, -0.05) is 0 Å². The molecule has 7 heteroatoms. The summed E-state index contributed by atoms with van der Waals surface area (Å²) >= 11 is 8.53. The average molecular weight is 387 g/mol. The van der Waals surface area contributed by atoms with Crippen LogP contribution in [0.1, 0.15) is 20.9 Å². The molecule has 0 radical (unpaired) electrons. The van der Waals surface area contributed by atoms with E-state index in [1.165, 1.54) is 9.75 Å². The van der Waals surface area contributed by atoms with Gasteiger partial charge in [-0.2, -0.15) is 4.36 Å². The third-order valence-corrected chi connectivity index (χ3v) is 6.98. The maximum atomic E-state index is 6.54. The lowest BCUT2D eigenvalue weighted by molar-refractivity contribution is 0.253. The highest BCUT2D eigenvalue weighted by Crippen LogP contribution is 2.60. The Hall–Kier alpha value is -1.96. The minimum absolute atomic E-state index is 0.527. The first-order valence-electron chi connectivity index (χ1n) is 7.86. The van der Waals surface area contributed by atoms with E-state index in [0.717, 1.165) is 43.5 Å². The Kier molecular flexibility index (Phi) is 3.22. The van der Waals surface area contributed by atoms with E-state index >= 15 is 0 Å². The molecule has 2 aliphatic heterocycles. The summed E-state index contributed by atoms with van der Waals surface area (Å²) in [6, 6.07) is 4.29. The fraction of sp³-hybridized carbons (Fsp3) is 0.222. The summed E-state index contributed by atoms with van der Waals surface area (Å²) in [5, 5.41) is 0. The SMILES string of the molecule is Cc1cc2c(s1)-c1c(N)c(N=S)c3c(c1OC2)OCc1cc(C)sc1-3. The van der Waals surface area contributed by atoms with Gasteiger partial charge in [-0.3, -0.25) is 0 Å². The van der Waals surface area contributed by atoms with E-state index < -0.39 is 0 Å². The lowest BCUT2D eigenvalue weighted by atomic mass is 9.95. The second kappa shape index (κ2) is 5.27. The number of nitrogen functional groups attached to an aromatic ring is 1. The average Bonchev–Trinajstić information content (AvgIpc) is 3.15. The Balaban J connectivity index is 1.89. The van der Waals surface area contributed by atoms with Gasteiger partial charge in [-0.15, -0.1) is 22.7 Å². The molecule has 126 valence electrons. The fourth-order valence-corrected chi connectivity index (χ4v) is 5.92. The second-order valence-electron chi connectivity index (χ2n) is 6.26. The smallest absolute Gasteiger partial charge is 0.173 e. The van der Waals surface area contributed by atoms with Gasteiger partial charge in [-0.25, -0.2) is 0 Å². The molecule has 4 heterocycles. The van der Waals surface area contributed by atoms with Gasteiger partial charge in [0.2, 0.25) is 0 Å². The van der Waals surface area contributed by atoms with Crippen LogP contribution >= 0.6 is 22.7 Å². The maximum absolute atomic E-state index is 6.54. The summed E-state index contributed by atoms with van der Waals surface area (Å²) in [7, 11) is 0. The van der Waals surface area contributed by atoms with Crippen LogP contribution in [-0.2, 0) is 25.6 Å². The Morgan fingerprint density at radius 1 is 0.960 bits per heavy atom. The third-order valence-electron chi connectivity index (χ3n) is 4.58. The molecule has 2 aromatic heterocycles. The molecule has 2 N–H and O–H groups in total. The molecule has 2 aliphatic rings. The number of hydrogen-bond donors (Lipinski definition) is 1. The number of aryl methyl sites for hydroxylation is 2. The number of nitrogens with zero attached hydrogens (tertiary/aromatic N) is 1. The number of benzene rings is 1. The van der Waals surface area contributed by atoms with Gasteiger partial charge in [0.15, 0.2) is 11.5 Å². The van der Waals surface area contributed by atoms with Gasteiger partial charge in [-0.05, 0) is 26.0 Å². The van der Waals surface area contributed by atoms with Crippen LogP contribution < -0.4 is 15.2 Å². The van der Waals surface area contributed by atoms with E-state index in [-0.39, 0.29) is 0 Å². The van der Waals surface area contributed by atoms with Crippen molar-refractivity contribution in [2.75, 3.05) is 5.73 Å². The Morgan fingerprint density at radius 3 is 2.04 bits per heavy atom. The Morgan fingerprint density at radius 2 is 1.48 bits per heavy atom. The van der Waals surface area contributed by atoms with Gasteiger partial charge in [0.05, 0.1) is 16.8 Å². The fourth-order valence-electron chi connectivity index (χ4n) is 3.59. The summed E-state index contributed by atoms with van der Waals surface area (Å²) in [5.41, 5.74) is 11.8. The van der Waals surface area contributed by atoms with Crippen LogP contribution in [0.2, 0.25) is 0 Å². The molecule has 0 fully saturated rings. The van der Waals surface area contributed by atoms with E-state index in [1.54, 1.807) is 22.7 Å². The minimum atomic E-state index is 0.527. The number of anilines is 1. The van der Waals surface area contributed by atoms with Crippen LogP contribution in [0.5, 0.6) is 11.5 Å². The normalized spacial score (nSPS) is 13.8. The molecule has 25 heavy (non-hydrogen) atoms. The predicted octanol–water partition coefficient (Wildman–Crippen LogP) is 5.49. The van der Waals surface area contributed by atoms with Crippen molar-refractivity contribution >= 4 is 46.5 Å². The van der Waals surface area contributed by atoms with Crippen molar-refractivity contribution in [3.05, 3.63) is 33.0 Å². The van der Waals surface area contributed by atoms with E-state index in [2.05, 4.69) is 30.3 Å².